The first-order valence-electron chi connectivity index (χ1n) is 7.18. The van der Waals surface area contributed by atoms with Crippen molar-refractivity contribution in [2.75, 3.05) is 13.2 Å². The van der Waals surface area contributed by atoms with E-state index in [0.29, 0.717) is 6.04 Å². The normalized spacial score (nSPS) is 20.4. The van der Waals surface area contributed by atoms with Gasteiger partial charge in [-0.25, -0.2) is 4.98 Å². The lowest BCUT2D eigenvalue weighted by atomic mass is 9.99. The summed E-state index contributed by atoms with van der Waals surface area (Å²) in [5, 5.41) is 12.3. The maximum Gasteiger partial charge on any atom is 0.126 e. The van der Waals surface area contributed by atoms with Crippen molar-refractivity contribution in [2.45, 2.75) is 38.3 Å². The second kappa shape index (κ2) is 6.52. The quantitative estimate of drug-likeness (QED) is 0.920. The molecule has 0 bridgehead atoms. The summed E-state index contributed by atoms with van der Waals surface area (Å²) in [6.45, 7) is 2.28. The molecule has 2 aromatic rings. The minimum atomic E-state index is 0.276. The molecule has 1 aliphatic rings. The summed E-state index contributed by atoms with van der Waals surface area (Å²) in [5.41, 5.74) is 2.17. The average molecular weight is 292 g/mol. The van der Waals surface area contributed by atoms with Crippen LogP contribution in [0.15, 0.2) is 28.4 Å². The molecule has 20 heavy (non-hydrogen) atoms. The maximum atomic E-state index is 9.18. The smallest absolute Gasteiger partial charge is 0.126 e. The lowest BCUT2D eigenvalue weighted by molar-refractivity contribution is 0.111. The number of hydrogen-bond donors (Lipinski definition) is 1. The van der Waals surface area contributed by atoms with Crippen LogP contribution in [0.3, 0.4) is 0 Å². The topological polar surface area (TPSA) is 49.5 Å². The molecule has 1 unspecified atom stereocenters. The maximum absolute atomic E-state index is 9.18. The molecule has 4 nitrogen and oxygen atoms in total. The molecule has 2 aromatic heterocycles. The van der Waals surface area contributed by atoms with Gasteiger partial charge in [0.15, 0.2) is 0 Å². The fraction of sp³-hybridized carbons (Fsp3) is 0.533. The minimum Gasteiger partial charge on any atom is -0.472 e. The van der Waals surface area contributed by atoms with E-state index < -0.39 is 0 Å². The van der Waals surface area contributed by atoms with Crippen LogP contribution in [-0.4, -0.2) is 34.2 Å². The highest BCUT2D eigenvalue weighted by Crippen LogP contribution is 2.26. The number of piperidine rings is 1. The molecule has 1 N–H and O–H groups in total. The molecule has 0 aliphatic carbocycles. The Bertz CT molecular complexity index is 522. The highest BCUT2D eigenvalue weighted by atomic mass is 32.1. The van der Waals surface area contributed by atoms with Gasteiger partial charge in [-0.1, -0.05) is 6.42 Å². The van der Waals surface area contributed by atoms with Gasteiger partial charge in [0.05, 0.1) is 12.0 Å². The van der Waals surface area contributed by atoms with Gasteiger partial charge in [0.25, 0.3) is 0 Å². The molecule has 0 radical (unpaired) electrons. The zero-order valence-corrected chi connectivity index (χ0v) is 12.3. The summed E-state index contributed by atoms with van der Waals surface area (Å²) in [6, 6.07) is 2.45. The Balaban J connectivity index is 1.67. The first-order chi connectivity index (χ1) is 9.86. The van der Waals surface area contributed by atoms with E-state index in [-0.39, 0.29) is 6.61 Å². The van der Waals surface area contributed by atoms with Crippen LogP contribution in [0.5, 0.6) is 0 Å². The number of aliphatic hydroxyl groups is 1. The highest BCUT2D eigenvalue weighted by Gasteiger charge is 2.22. The predicted octanol–water partition coefficient (Wildman–Crippen LogP) is 3.14. The van der Waals surface area contributed by atoms with Crippen molar-refractivity contribution in [1.29, 1.82) is 0 Å². The fourth-order valence-corrected chi connectivity index (χ4v) is 3.65. The van der Waals surface area contributed by atoms with E-state index in [9.17, 15) is 5.11 Å². The molecule has 0 saturated carbocycles. The van der Waals surface area contributed by atoms with Crippen molar-refractivity contribution in [2.24, 2.45) is 0 Å². The number of aliphatic hydroxyl groups excluding tert-OH is 1. The van der Waals surface area contributed by atoms with Crippen molar-refractivity contribution >= 4 is 11.3 Å². The summed E-state index contributed by atoms with van der Waals surface area (Å²) < 4.78 is 5.11. The number of thiazole rings is 1. The molecule has 0 amide bonds. The molecule has 0 spiro atoms. The number of likely N-dealkylation sites (tertiary alicyclic amines) is 1. The summed E-state index contributed by atoms with van der Waals surface area (Å²) in [5.74, 6) is 0. The Kier molecular flexibility index (Phi) is 4.50. The number of hydrogen-bond acceptors (Lipinski definition) is 5. The molecule has 1 fully saturated rings. The Morgan fingerprint density at radius 2 is 2.40 bits per heavy atom. The zero-order chi connectivity index (χ0) is 13.8. The van der Waals surface area contributed by atoms with Crippen molar-refractivity contribution in [1.82, 2.24) is 9.88 Å². The highest BCUT2D eigenvalue weighted by molar-refractivity contribution is 7.13. The van der Waals surface area contributed by atoms with Crippen molar-refractivity contribution in [3.63, 3.8) is 0 Å². The number of furan rings is 1. The van der Waals surface area contributed by atoms with Crippen LogP contribution in [-0.2, 0) is 6.54 Å². The largest absolute Gasteiger partial charge is 0.472 e. The first-order valence-corrected chi connectivity index (χ1v) is 8.06. The Labute approximate surface area is 123 Å². The summed E-state index contributed by atoms with van der Waals surface area (Å²) >= 11 is 1.66. The third kappa shape index (κ3) is 3.11. The van der Waals surface area contributed by atoms with E-state index >= 15 is 0 Å². The summed E-state index contributed by atoms with van der Waals surface area (Å²) in [4.78, 5) is 7.16. The zero-order valence-electron chi connectivity index (χ0n) is 11.5. The molecular formula is C15H20N2O2S. The van der Waals surface area contributed by atoms with Gasteiger partial charge in [-0.3, -0.25) is 4.90 Å². The van der Waals surface area contributed by atoms with E-state index in [1.54, 1.807) is 23.9 Å². The summed E-state index contributed by atoms with van der Waals surface area (Å²) in [7, 11) is 0. The summed E-state index contributed by atoms with van der Waals surface area (Å²) in [6.07, 6.45) is 8.01. The van der Waals surface area contributed by atoms with Gasteiger partial charge in [0.2, 0.25) is 0 Å². The SMILES string of the molecule is OCCC1CCCCN1Cc1csc(-c2ccoc2)n1. The molecule has 0 aromatic carbocycles. The molecule has 1 saturated heterocycles. The Morgan fingerprint density at radius 3 is 3.20 bits per heavy atom. The van der Waals surface area contributed by atoms with Crippen LogP contribution >= 0.6 is 11.3 Å². The van der Waals surface area contributed by atoms with Gasteiger partial charge in [-0.05, 0) is 31.9 Å². The van der Waals surface area contributed by atoms with Crippen molar-refractivity contribution in [3.8, 4) is 10.6 Å². The molecule has 1 atom stereocenters. The van der Waals surface area contributed by atoms with E-state index in [4.69, 9.17) is 9.40 Å². The first kappa shape index (κ1) is 13.8. The van der Waals surface area contributed by atoms with Gasteiger partial charge >= 0.3 is 0 Å². The van der Waals surface area contributed by atoms with E-state index in [1.165, 1.54) is 19.3 Å². The van der Waals surface area contributed by atoms with E-state index in [0.717, 1.165) is 35.8 Å². The second-order valence-electron chi connectivity index (χ2n) is 5.29. The molecule has 1 aliphatic heterocycles. The molecule has 3 heterocycles. The predicted molar refractivity (Wildman–Crippen MR) is 79.6 cm³/mol. The van der Waals surface area contributed by atoms with Gasteiger partial charge in [-0.15, -0.1) is 11.3 Å². The number of nitrogens with zero attached hydrogens (tertiary/aromatic N) is 2. The standard InChI is InChI=1S/C15H20N2O2S/c18-7-4-14-3-1-2-6-17(14)9-13-11-20-15(16-13)12-5-8-19-10-12/h5,8,10-11,14,18H,1-4,6-7,9H2. The monoisotopic (exact) mass is 292 g/mol. The fourth-order valence-electron chi connectivity index (χ4n) is 2.85. The lowest BCUT2D eigenvalue weighted by Crippen LogP contribution is -2.39. The Morgan fingerprint density at radius 1 is 1.45 bits per heavy atom. The molecule has 108 valence electrons. The number of rotatable bonds is 5. The molecular weight excluding hydrogens is 272 g/mol. The van der Waals surface area contributed by atoms with Gasteiger partial charge in [0, 0.05) is 30.1 Å². The molecule has 3 rings (SSSR count). The third-order valence-corrected chi connectivity index (χ3v) is 4.84. The van der Waals surface area contributed by atoms with Crippen LogP contribution in [0.4, 0.5) is 0 Å². The van der Waals surface area contributed by atoms with E-state index in [2.05, 4.69) is 10.3 Å². The van der Waals surface area contributed by atoms with Crippen LogP contribution < -0.4 is 0 Å². The lowest BCUT2D eigenvalue weighted by Gasteiger charge is -2.34. The van der Waals surface area contributed by atoms with Crippen LogP contribution in [0, 0.1) is 0 Å². The van der Waals surface area contributed by atoms with Crippen LogP contribution in [0.25, 0.3) is 10.6 Å². The number of aromatic nitrogens is 1. The average Bonchev–Trinajstić information content (AvgIpc) is 3.12. The second-order valence-corrected chi connectivity index (χ2v) is 6.15. The third-order valence-electron chi connectivity index (χ3n) is 3.90. The van der Waals surface area contributed by atoms with Crippen LogP contribution in [0.2, 0.25) is 0 Å². The van der Waals surface area contributed by atoms with E-state index in [1.807, 2.05) is 6.07 Å². The van der Waals surface area contributed by atoms with Crippen LogP contribution in [0.1, 0.15) is 31.4 Å². The van der Waals surface area contributed by atoms with Gasteiger partial charge in [0.1, 0.15) is 11.3 Å². The molecule has 5 heteroatoms. The van der Waals surface area contributed by atoms with Gasteiger partial charge in [-0.2, -0.15) is 0 Å². The van der Waals surface area contributed by atoms with Crippen molar-refractivity contribution in [3.05, 3.63) is 29.7 Å². The minimum absolute atomic E-state index is 0.276. The Hall–Kier alpha value is -1.17. The van der Waals surface area contributed by atoms with Crippen molar-refractivity contribution < 1.29 is 9.52 Å². The van der Waals surface area contributed by atoms with Gasteiger partial charge < -0.3 is 9.52 Å².